The van der Waals surface area contributed by atoms with Crippen molar-refractivity contribution in [3.05, 3.63) is 0 Å². The first-order valence-electron chi connectivity index (χ1n) is 4.44. The Morgan fingerprint density at radius 1 is 1.62 bits per heavy atom. The van der Waals surface area contributed by atoms with Gasteiger partial charge in [0.1, 0.15) is 5.60 Å². The summed E-state index contributed by atoms with van der Waals surface area (Å²) in [5.74, 6) is -0.254. The van der Waals surface area contributed by atoms with Crippen LogP contribution in [0.2, 0.25) is 0 Å². The summed E-state index contributed by atoms with van der Waals surface area (Å²) in [6.45, 7) is 6.87. The van der Waals surface area contributed by atoms with Gasteiger partial charge in [0.2, 0.25) is 0 Å². The molecule has 1 atom stereocenters. The Kier molecular flexibility index (Phi) is 3.03. The van der Waals surface area contributed by atoms with Gasteiger partial charge in [0.15, 0.2) is 6.04 Å². The zero-order valence-electron chi connectivity index (χ0n) is 8.33. The predicted molar refractivity (Wildman–Crippen MR) is 51.0 cm³/mol. The van der Waals surface area contributed by atoms with Crippen molar-refractivity contribution in [2.24, 2.45) is 4.99 Å². The van der Waals surface area contributed by atoms with Gasteiger partial charge in [0.25, 0.3) is 0 Å². The average molecular weight is 184 g/mol. The van der Waals surface area contributed by atoms with Gasteiger partial charge in [0, 0.05) is 19.3 Å². The van der Waals surface area contributed by atoms with Crippen molar-refractivity contribution in [3.8, 4) is 0 Å². The summed E-state index contributed by atoms with van der Waals surface area (Å²) in [5.41, 5.74) is -0.427. The van der Waals surface area contributed by atoms with E-state index in [9.17, 15) is 4.79 Å². The van der Waals surface area contributed by atoms with Crippen LogP contribution in [0, 0.1) is 0 Å². The maximum Gasteiger partial charge on any atom is 0.332 e. The molecule has 1 aliphatic rings. The fourth-order valence-electron chi connectivity index (χ4n) is 1.03. The first kappa shape index (κ1) is 10.2. The highest BCUT2D eigenvalue weighted by Crippen LogP contribution is 2.09. The van der Waals surface area contributed by atoms with Gasteiger partial charge in [0.05, 0.1) is 0 Å². The Bertz CT molecular complexity index is 218. The van der Waals surface area contributed by atoms with E-state index in [0.717, 1.165) is 6.54 Å². The standard InChI is InChI=1S/C9H16N2O2/c1-9(2,3)13-8(12)7-6-10-4-5-11-7/h5,7,10H,4,6H2,1-3H3. The number of esters is 1. The maximum absolute atomic E-state index is 11.4. The number of ether oxygens (including phenoxy) is 1. The third-order valence-corrected chi connectivity index (χ3v) is 1.54. The molecule has 0 saturated carbocycles. The van der Waals surface area contributed by atoms with Gasteiger partial charge in [-0.15, -0.1) is 0 Å². The number of nitrogens with zero attached hydrogens (tertiary/aromatic N) is 1. The quantitative estimate of drug-likeness (QED) is 0.599. The highest BCUT2D eigenvalue weighted by molar-refractivity contribution is 5.79. The summed E-state index contributed by atoms with van der Waals surface area (Å²) in [5, 5.41) is 3.05. The molecule has 4 heteroatoms. The lowest BCUT2D eigenvalue weighted by Crippen LogP contribution is -2.40. The van der Waals surface area contributed by atoms with E-state index in [0.29, 0.717) is 6.54 Å². The van der Waals surface area contributed by atoms with E-state index in [2.05, 4.69) is 10.3 Å². The van der Waals surface area contributed by atoms with E-state index < -0.39 is 5.60 Å². The Morgan fingerprint density at radius 2 is 2.31 bits per heavy atom. The minimum atomic E-state index is -0.427. The highest BCUT2D eigenvalue weighted by Gasteiger charge is 2.24. The van der Waals surface area contributed by atoms with Crippen LogP contribution in [0.1, 0.15) is 20.8 Å². The molecule has 0 aliphatic carbocycles. The second-order valence-electron chi connectivity index (χ2n) is 4.04. The Balaban J connectivity index is 2.47. The van der Waals surface area contributed by atoms with Gasteiger partial charge in [-0.3, -0.25) is 4.99 Å². The molecule has 0 aromatic heterocycles. The van der Waals surface area contributed by atoms with Crippen molar-refractivity contribution in [3.63, 3.8) is 0 Å². The zero-order chi connectivity index (χ0) is 9.90. The molecule has 0 fully saturated rings. The lowest BCUT2D eigenvalue weighted by molar-refractivity contribution is -0.156. The summed E-state index contributed by atoms with van der Waals surface area (Å²) in [4.78, 5) is 15.5. The van der Waals surface area contributed by atoms with Gasteiger partial charge in [-0.05, 0) is 20.8 Å². The molecule has 1 rings (SSSR count). The molecule has 0 aromatic rings. The average Bonchev–Trinajstić information content (AvgIpc) is 2.03. The molecular formula is C9H16N2O2. The van der Waals surface area contributed by atoms with Gasteiger partial charge < -0.3 is 10.1 Å². The van der Waals surface area contributed by atoms with Crippen molar-refractivity contribution in [2.75, 3.05) is 13.1 Å². The number of nitrogens with one attached hydrogen (secondary N) is 1. The summed E-state index contributed by atoms with van der Waals surface area (Å²) in [6, 6.07) is -0.368. The van der Waals surface area contributed by atoms with Crippen molar-refractivity contribution < 1.29 is 9.53 Å². The molecule has 0 spiro atoms. The van der Waals surface area contributed by atoms with Crippen LogP contribution in [-0.4, -0.2) is 36.9 Å². The molecule has 1 N–H and O–H groups in total. The third-order valence-electron chi connectivity index (χ3n) is 1.54. The molecule has 1 unspecified atom stereocenters. The number of carbonyl (C=O) groups excluding carboxylic acids is 1. The van der Waals surface area contributed by atoms with Crippen LogP contribution < -0.4 is 5.32 Å². The number of aliphatic imine (C=N–C) groups is 1. The Hall–Kier alpha value is -0.900. The van der Waals surface area contributed by atoms with Crippen LogP contribution in [0.5, 0.6) is 0 Å². The molecule has 1 aliphatic heterocycles. The first-order valence-corrected chi connectivity index (χ1v) is 4.44. The number of hydrogen-bond donors (Lipinski definition) is 1. The SMILES string of the molecule is CC(C)(C)OC(=O)C1CNCC=N1. The highest BCUT2D eigenvalue weighted by atomic mass is 16.6. The van der Waals surface area contributed by atoms with Crippen molar-refractivity contribution in [2.45, 2.75) is 32.4 Å². The van der Waals surface area contributed by atoms with E-state index in [-0.39, 0.29) is 12.0 Å². The fraction of sp³-hybridized carbons (Fsp3) is 0.778. The van der Waals surface area contributed by atoms with E-state index in [1.54, 1.807) is 6.21 Å². The summed E-state index contributed by atoms with van der Waals surface area (Å²) < 4.78 is 5.18. The van der Waals surface area contributed by atoms with Crippen LogP contribution in [-0.2, 0) is 9.53 Å². The topological polar surface area (TPSA) is 50.7 Å². The van der Waals surface area contributed by atoms with Crippen molar-refractivity contribution >= 4 is 12.2 Å². The van der Waals surface area contributed by atoms with E-state index in [1.807, 2.05) is 20.8 Å². The largest absolute Gasteiger partial charge is 0.458 e. The van der Waals surface area contributed by atoms with Crippen LogP contribution >= 0.6 is 0 Å². The molecule has 0 bridgehead atoms. The zero-order valence-corrected chi connectivity index (χ0v) is 8.33. The lowest BCUT2D eigenvalue weighted by atomic mass is 10.2. The van der Waals surface area contributed by atoms with Gasteiger partial charge in [-0.1, -0.05) is 0 Å². The van der Waals surface area contributed by atoms with Crippen molar-refractivity contribution in [1.82, 2.24) is 5.32 Å². The molecule has 0 radical (unpaired) electrons. The lowest BCUT2D eigenvalue weighted by Gasteiger charge is -2.23. The van der Waals surface area contributed by atoms with Crippen LogP contribution in [0.15, 0.2) is 4.99 Å². The van der Waals surface area contributed by atoms with E-state index >= 15 is 0 Å². The third kappa shape index (κ3) is 3.55. The minimum Gasteiger partial charge on any atom is -0.458 e. The summed E-state index contributed by atoms with van der Waals surface area (Å²) in [6.07, 6.45) is 1.71. The Morgan fingerprint density at radius 3 is 2.77 bits per heavy atom. The number of hydrogen-bond acceptors (Lipinski definition) is 4. The van der Waals surface area contributed by atoms with E-state index in [1.165, 1.54) is 0 Å². The molecular weight excluding hydrogens is 168 g/mol. The van der Waals surface area contributed by atoms with E-state index in [4.69, 9.17) is 4.74 Å². The summed E-state index contributed by atoms with van der Waals surface area (Å²) in [7, 11) is 0. The van der Waals surface area contributed by atoms with Gasteiger partial charge in [-0.25, -0.2) is 4.79 Å². The molecule has 13 heavy (non-hydrogen) atoms. The monoisotopic (exact) mass is 184 g/mol. The fourth-order valence-corrected chi connectivity index (χ4v) is 1.03. The van der Waals surface area contributed by atoms with Crippen LogP contribution in [0.3, 0.4) is 0 Å². The maximum atomic E-state index is 11.4. The number of carbonyl (C=O) groups is 1. The molecule has 0 aromatic carbocycles. The molecule has 74 valence electrons. The smallest absolute Gasteiger partial charge is 0.332 e. The first-order chi connectivity index (χ1) is 5.99. The van der Waals surface area contributed by atoms with Crippen molar-refractivity contribution in [1.29, 1.82) is 0 Å². The number of rotatable bonds is 1. The predicted octanol–water partition coefficient (Wildman–Crippen LogP) is 0.371. The molecule has 0 amide bonds. The Labute approximate surface area is 78.4 Å². The van der Waals surface area contributed by atoms with Crippen LogP contribution in [0.25, 0.3) is 0 Å². The minimum absolute atomic E-state index is 0.254. The van der Waals surface area contributed by atoms with Gasteiger partial charge in [-0.2, -0.15) is 0 Å². The second kappa shape index (κ2) is 3.87. The molecule has 0 saturated heterocycles. The van der Waals surface area contributed by atoms with Crippen LogP contribution in [0.4, 0.5) is 0 Å². The summed E-state index contributed by atoms with van der Waals surface area (Å²) >= 11 is 0. The molecule has 1 heterocycles. The molecule has 4 nitrogen and oxygen atoms in total. The normalized spacial score (nSPS) is 22.8. The second-order valence-corrected chi connectivity index (χ2v) is 4.04. The van der Waals surface area contributed by atoms with Gasteiger partial charge >= 0.3 is 5.97 Å².